The molecule has 0 aromatic rings. The number of hydrogen-bond acceptors (Lipinski definition) is 0. The van der Waals surface area contributed by atoms with Gasteiger partial charge in [-0.15, -0.1) is 0 Å². The Morgan fingerprint density at radius 3 is 1.92 bits per heavy atom. The predicted octanol–water partition coefficient (Wildman–Crippen LogP) is 3.80. The molecule has 0 heterocycles. The summed E-state index contributed by atoms with van der Waals surface area (Å²) in [6.07, 6.45) is 13.6. The van der Waals surface area contributed by atoms with Crippen LogP contribution in [0, 0.1) is 5.92 Å². The van der Waals surface area contributed by atoms with E-state index in [1.54, 1.807) is 4.91 Å². The Balaban J connectivity index is 4.67. The molecule has 0 unspecified atom stereocenters. The molecule has 0 aliphatic heterocycles. The maximum atomic E-state index is 2.35. The van der Waals surface area contributed by atoms with Gasteiger partial charge in [-0.1, -0.05) is 32.1 Å². The normalized spacial score (nSPS) is 16.1. The van der Waals surface area contributed by atoms with Crippen molar-refractivity contribution in [3.05, 3.63) is 23.1 Å². The molecule has 0 spiro atoms. The smallest absolute Gasteiger partial charge is 0.0174 e. The van der Waals surface area contributed by atoms with E-state index >= 15 is 0 Å². The highest BCUT2D eigenvalue weighted by molar-refractivity contribution is 8.35. The predicted molar refractivity (Wildman–Crippen MR) is 63.1 cm³/mol. The first-order valence-corrected chi connectivity index (χ1v) is 7.26. The molecule has 0 radical (unpaired) electrons. The van der Waals surface area contributed by atoms with Crippen LogP contribution in [-0.4, -0.2) is 18.8 Å². The fourth-order valence-electron chi connectivity index (χ4n) is 1.29. The highest BCUT2D eigenvalue weighted by Crippen LogP contribution is 2.48. The van der Waals surface area contributed by atoms with Gasteiger partial charge in [0, 0.05) is 0 Å². The largest absolute Gasteiger partial charge is 0.227 e. The van der Waals surface area contributed by atoms with E-state index in [-0.39, 0.29) is 0 Å². The monoisotopic (exact) mass is 186 g/mol. The van der Waals surface area contributed by atoms with Crippen LogP contribution in [0.1, 0.15) is 20.8 Å². The average molecular weight is 186 g/mol. The summed E-state index contributed by atoms with van der Waals surface area (Å²) in [4.78, 5) is 1.60. The van der Waals surface area contributed by atoms with Crippen molar-refractivity contribution in [3.8, 4) is 0 Å². The van der Waals surface area contributed by atoms with E-state index in [0.29, 0.717) is 5.92 Å². The van der Waals surface area contributed by atoms with E-state index in [1.807, 2.05) is 0 Å². The van der Waals surface area contributed by atoms with E-state index in [9.17, 15) is 0 Å². The lowest BCUT2D eigenvalue weighted by atomic mass is 10.2. The third-order valence-corrected chi connectivity index (χ3v) is 3.75. The van der Waals surface area contributed by atoms with Crippen LogP contribution in [0.3, 0.4) is 0 Å². The van der Waals surface area contributed by atoms with Gasteiger partial charge >= 0.3 is 0 Å². The van der Waals surface area contributed by atoms with Gasteiger partial charge in [0.05, 0.1) is 0 Å². The summed E-state index contributed by atoms with van der Waals surface area (Å²) in [7, 11) is -0.527. The van der Waals surface area contributed by atoms with Gasteiger partial charge < -0.3 is 0 Å². The molecule has 0 aliphatic rings. The van der Waals surface area contributed by atoms with Crippen LogP contribution in [0.15, 0.2) is 23.1 Å². The van der Waals surface area contributed by atoms with Crippen LogP contribution < -0.4 is 0 Å². The summed E-state index contributed by atoms with van der Waals surface area (Å²) in [6.45, 7) is 6.60. The van der Waals surface area contributed by atoms with Crippen LogP contribution in [0.4, 0.5) is 0 Å². The Bertz CT molecular complexity index is 180. The summed E-state index contributed by atoms with van der Waals surface area (Å²) in [5.41, 5.74) is 0. The van der Waals surface area contributed by atoms with Crippen molar-refractivity contribution in [2.24, 2.45) is 5.92 Å². The zero-order valence-corrected chi connectivity index (χ0v) is 10.0. The maximum Gasteiger partial charge on any atom is -0.0174 e. The van der Waals surface area contributed by atoms with Gasteiger partial charge in [0.2, 0.25) is 0 Å². The van der Waals surface area contributed by atoms with Crippen LogP contribution in [0.25, 0.3) is 0 Å². The molecule has 0 aliphatic carbocycles. The number of hydrogen-bond donors (Lipinski definition) is 0. The maximum absolute atomic E-state index is 2.35. The first-order chi connectivity index (χ1) is 5.39. The Morgan fingerprint density at radius 1 is 1.17 bits per heavy atom. The molecule has 12 heavy (non-hydrogen) atoms. The minimum Gasteiger partial charge on any atom is -0.227 e. The molecule has 0 saturated carbocycles. The quantitative estimate of drug-likeness (QED) is 0.588. The summed E-state index contributed by atoms with van der Waals surface area (Å²) >= 11 is 0. The molecule has 0 N–H and O–H groups in total. The van der Waals surface area contributed by atoms with Gasteiger partial charge in [-0.3, -0.25) is 0 Å². The molecule has 72 valence electrons. The molecule has 0 aromatic carbocycles. The average Bonchev–Trinajstić information content (AvgIpc) is 1.84. The van der Waals surface area contributed by atoms with Crippen molar-refractivity contribution in [2.75, 3.05) is 18.8 Å². The second-order valence-corrected chi connectivity index (χ2v) is 8.23. The van der Waals surface area contributed by atoms with Crippen molar-refractivity contribution in [3.63, 3.8) is 0 Å². The lowest BCUT2D eigenvalue weighted by Crippen LogP contribution is -2.02. The van der Waals surface area contributed by atoms with E-state index in [2.05, 4.69) is 57.8 Å². The van der Waals surface area contributed by atoms with Crippen LogP contribution in [0.5, 0.6) is 0 Å². The Morgan fingerprint density at radius 2 is 1.67 bits per heavy atom. The molecule has 0 nitrogen and oxygen atoms in total. The summed E-state index contributed by atoms with van der Waals surface area (Å²) in [5, 5.41) is 0. The minimum atomic E-state index is -0.527. The topological polar surface area (TPSA) is 0 Å². The van der Waals surface area contributed by atoms with E-state index < -0.39 is 10.0 Å². The highest BCUT2D eigenvalue weighted by Gasteiger charge is 2.13. The van der Waals surface area contributed by atoms with Crippen molar-refractivity contribution < 1.29 is 0 Å². The molecule has 0 atom stereocenters. The minimum absolute atomic E-state index is 0.527. The Hall–Kier alpha value is -0.170. The molecular weight excluding hydrogens is 164 g/mol. The summed E-state index contributed by atoms with van der Waals surface area (Å²) in [5.74, 6) is 0.677. The van der Waals surface area contributed by atoms with Crippen LogP contribution in [-0.2, 0) is 0 Å². The fourth-order valence-corrected chi connectivity index (χ4v) is 3.20. The SMILES string of the molecule is C/C=C\C=C(/C(C)C)S(C)(C)C. The number of allylic oxidation sites excluding steroid dienone is 4. The zero-order chi connectivity index (χ0) is 9.78. The van der Waals surface area contributed by atoms with Crippen LogP contribution in [0.2, 0.25) is 0 Å². The second-order valence-electron chi connectivity index (χ2n) is 4.09. The lowest BCUT2D eigenvalue weighted by molar-refractivity contribution is 0.814. The highest BCUT2D eigenvalue weighted by atomic mass is 32.3. The molecule has 0 rings (SSSR count). The first-order valence-electron chi connectivity index (χ1n) is 4.40. The molecule has 0 saturated heterocycles. The van der Waals surface area contributed by atoms with Gasteiger partial charge in [-0.25, -0.2) is 10.0 Å². The van der Waals surface area contributed by atoms with Gasteiger partial charge in [-0.05, 0) is 36.5 Å². The van der Waals surface area contributed by atoms with Gasteiger partial charge in [0.25, 0.3) is 0 Å². The standard InChI is InChI=1S/C11H22S/c1-7-8-9-11(10(2)3)12(4,5)6/h7-10H,1-6H3/b8-7-,11-9+. The molecular formula is C11H22S. The fraction of sp³-hybridized carbons (Fsp3) is 0.636. The van der Waals surface area contributed by atoms with E-state index in [4.69, 9.17) is 0 Å². The third kappa shape index (κ3) is 4.01. The van der Waals surface area contributed by atoms with Crippen molar-refractivity contribution in [1.82, 2.24) is 0 Å². The van der Waals surface area contributed by atoms with Gasteiger partial charge in [0.15, 0.2) is 0 Å². The molecule has 0 bridgehead atoms. The molecule has 0 aromatic heterocycles. The molecule has 1 heteroatoms. The number of rotatable bonds is 3. The lowest BCUT2D eigenvalue weighted by Gasteiger charge is -2.31. The van der Waals surface area contributed by atoms with Crippen LogP contribution >= 0.6 is 10.0 Å². The van der Waals surface area contributed by atoms with Gasteiger partial charge in [-0.2, -0.15) is 0 Å². The van der Waals surface area contributed by atoms with Gasteiger partial charge in [0.1, 0.15) is 0 Å². The molecule has 0 amide bonds. The Kier molecular flexibility index (Phi) is 4.69. The molecule has 0 fully saturated rings. The van der Waals surface area contributed by atoms with Crippen molar-refractivity contribution >= 4 is 10.0 Å². The van der Waals surface area contributed by atoms with Crippen molar-refractivity contribution in [2.45, 2.75) is 20.8 Å². The second kappa shape index (κ2) is 4.76. The van der Waals surface area contributed by atoms with Crippen molar-refractivity contribution in [1.29, 1.82) is 0 Å². The third-order valence-electron chi connectivity index (χ3n) is 1.73. The van der Waals surface area contributed by atoms with E-state index in [1.165, 1.54) is 0 Å². The Labute approximate surface area is 79.1 Å². The first kappa shape index (κ1) is 11.8. The summed E-state index contributed by atoms with van der Waals surface area (Å²) in [6, 6.07) is 0. The summed E-state index contributed by atoms with van der Waals surface area (Å²) < 4.78 is 0. The van der Waals surface area contributed by atoms with E-state index in [0.717, 1.165) is 0 Å². The zero-order valence-electron chi connectivity index (χ0n) is 9.22.